The van der Waals surface area contributed by atoms with Crippen LogP contribution in [0.3, 0.4) is 0 Å². The molecule has 2 aromatic rings. The van der Waals surface area contributed by atoms with E-state index in [-0.39, 0.29) is 11.7 Å². The van der Waals surface area contributed by atoms with Crippen LogP contribution in [0.15, 0.2) is 18.2 Å². The molecule has 0 spiro atoms. The Bertz CT molecular complexity index is 759. The van der Waals surface area contributed by atoms with Crippen LogP contribution in [0, 0.1) is 5.92 Å². The third-order valence-corrected chi connectivity index (χ3v) is 4.26. The number of nitrogens with one attached hydrogen (secondary N) is 1. The van der Waals surface area contributed by atoms with Crippen molar-refractivity contribution in [3.8, 4) is 0 Å². The lowest BCUT2D eigenvalue weighted by molar-refractivity contribution is 0.0613. The zero-order valence-corrected chi connectivity index (χ0v) is 14.1. The van der Waals surface area contributed by atoms with Gasteiger partial charge in [-0.15, -0.1) is 0 Å². The molecule has 1 aromatic heterocycles. The summed E-state index contributed by atoms with van der Waals surface area (Å²) in [5, 5.41) is 0. The number of primary amides is 1. The van der Waals surface area contributed by atoms with Gasteiger partial charge in [0.25, 0.3) is 11.8 Å². The van der Waals surface area contributed by atoms with Crippen molar-refractivity contribution in [2.75, 3.05) is 32.7 Å². The average Bonchev–Trinajstić information content (AvgIpc) is 2.98. The van der Waals surface area contributed by atoms with E-state index in [9.17, 15) is 9.59 Å². The van der Waals surface area contributed by atoms with Crippen molar-refractivity contribution in [2.45, 2.75) is 13.8 Å². The second-order valence-electron chi connectivity index (χ2n) is 6.64. The van der Waals surface area contributed by atoms with Crippen molar-refractivity contribution in [2.24, 2.45) is 11.7 Å². The highest BCUT2D eigenvalue weighted by molar-refractivity contribution is 6.05. The Balaban J connectivity index is 1.75. The Labute approximate surface area is 140 Å². The number of rotatable bonds is 4. The van der Waals surface area contributed by atoms with E-state index in [2.05, 4.69) is 28.7 Å². The predicted octanol–water partition coefficient (Wildman–Crippen LogP) is 1.08. The summed E-state index contributed by atoms with van der Waals surface area (Å²) in [6.45, 7) is 8.56. The van der Waals surface area contributed by atoms with Gasteiger partial charge in [-0.25, -0.2) is 4.98 Å². The minimum absolute atomic E-state index is 0.134. The highest BCUT2D eigenvalue weighted by atomic mass is 16.2. The van der Waals surface area contributed by atoms with Gasteiger partial charge in [-0.1, -0.05) is 19.9 Å². The number of carbonyl (C=O) groups excluding carboxylic acids is 2. The number of aromatic nitrogens is 2. The minimum Gasteiger partial charge on any atom is -0.366 e. The van der Waals surface area contributed by atoms with Crippen LogP contribution >= 0.6 is 0 Å². The summed E-state index contributed by atoms with van der Waals surface area (Å²) in [5.74, 6) is 0.199. The number of fused-ring (bicyclic) bond motifs is 1. The van der Waals surface area contributed by atoms with Gasteiger partial charge < -0.3 is 15.6 Å². The third kappa shape index (κ3) is 3.26. The first kappa shape index (κ1) is 16.4. The molecular weight excluding hydrogens is 306 g/mol. The van der Waals surface area contributed by atoms with Crippen molar-refractivity contribution in [1.29, 1.82) is 0 Å². The third-order valence-electron chi connectivity index (χ3n) is 4.26. The minimum atomic E-state index is -0.548. The number of hydrogen-bond donors (Lipinski definition) is 2. The van der Waals surface area contributed by atoms with Gasteiger partial charge in [0.15, 0.2) is 5.82 Å². The van der Waals surface area contributed by atoms with Crippen LogP contribution in [0.25, 0.3) is 11.0 Å². The lowest BCUT2D eigenvalue weighted by Crippen LogP contribution is -2.49. The van der Waals surface area contributed by atoms with E-state index in [1.807, 2.05) is 0 Å². The monoisotopic (exact) mass is 329 g/mol. The summed E-state index contributed by atoms with van der Waals surface area (Å²) in [6, 6.07) is 5.12. The number of para-hydroxylation sites is 1. The Kier molecular flexibility index (Phi) is 4.53. The molecule has 1 aliphatic heterocycles. The molecule has 0 unspecified atom stereocenters. The number of carbonyl (C=O) groups is 2. The van der Waals surface area contributed by atoms with Crippen LogP contribution in [0.5, 0.6) is 0 Å². The molecule has 0 aliphatic carbocycles. The van der Waals surface area contributed by atoms with Gasteiger partial charge in [-0.3, -0.25) is 14.5 Å². The number of benzene rings is 1. The van der Waals surface area contributed by atoms with Crippen molar-refractivity contribution in [1.82, 2.24) is 19.8 Å². The number of piperazine rings is 1. The first-order valence-corrected chi connectivity index (χ1v) is 8.26. The molecule has 0 atom stereocenters. The van der Waals surface area contributed by atoms with Crippen LogP contribution in [0.1, 0.15) is 34.8 Å². The van der Waals surface area contributed by atoms with E-state index < -0.39 is 5.91 Å². The molecule has 128 valence electrons. The molecule has 7 nitrogen and oxygen atoms in total. The summed E-state index contributed by atoms with van der Waals surface area (Å²) in [5.41, 5.74) is 6.79. The fraction of sp³-hybridized carbons (Fsp3) is 0.471. The molecular formula is C17H23N5O2. The van der Waals surface area contributed by atoms with E-state index >= 15 is 0 Å². The summed E-state index contributed by atoms with van der Waals surface area (Å²) in [6.07, 6.45) is 0. The maximum atomic E-state index is 12.7. The van der Waals surface area contributed by atoms with Crippen LogP contribution in [-0.2, 0) is 0 Å². The normalized spacial score (nSPS) is 16.0. The molecule has 2 heterocycles. The standard InChI is InChI=1S/C17H23N5O2/c1-11(2)10-21-6-8-22(9-7-21)17(24)16-19-13-5-3-4-12(15(18)23)14(13)20-16/h3-5,11H,6-10H2,1-2H3,(H2,18,23)(H,19,20). The molecule has 1 saturated heterocycles. The van der Waals surface area contributed by atoms with E-state index in [0.717, 1.165) is 19.6 Å². The Morgan fingerprint density at radius 2 is 1.96 bits per heavy atom. The van der Waals surface area contributed by atoms with Gasteiger partial charge in [0.2, 0.25) is 0 Å². The lowest BCUT2D eigenvalue weighted by Gasteiger charge is -2.35. The van der Waals surface area contributed by atoms with Crippen LogP contribution in [-0.4, -0.2) is 64.3 Å². The molecule has 24 heavy (non-hydrogen) atoms. The summed E-state index contributed by atoms with van der Waals surface area (Å²) in [4.78, 5) is 35.7. The van der Waals surface area contributed by atoms with Gasteiger partial charge >= 0.3 is 0 Å². The number of aromatic amines is 1. The molecule has 0 saturated carbocycles. The largest absolute Gasteiger partial charge is 0.366 e. The van der Waals surface area contributed by atoms with Crippen LogP contribution < -0.4 is 5.73 Å². The average molecular weight is 329 g/mol. The van der Waals surface area contributed by atoms with Gasteiger partial charge in [0.1, 0.15) is 5.52 Å². The van der Waals surface area contributed by atoms with Gasteiger partial charge in [-0.05, 0) is 18.1 Å². The quantitative estimate of drug-likeness (QED) is 0.877. The van der Waals surface area contributed by atoms with Crippen molar-refractivity contribution in [3.05, 3.63) is 29.6 Å². The molecule has 7 heteroatoms. The molecule has 1 aliphatic rings. The van der Waals surface area contributed by atoms with Gasteiger partial charge in [-0.2, -0.15) is 0 Å². The molecule has 0 radical (unpaired) electrons. The molecule has 2 amide bonds. The number of amides is 2. The Hall–Kier alpha value is -2.41. The van der Waals surface area contributed by atoms with E-state index in [1.54, 1.807) is 23.1 Å². The number of nitrogens with zero attached hydrogens (tertiary/aromatic N) is 3. The number of nitrogens with two attached hydrogens (primary N) is 1. The molecule has 3 rings (SSSR count). The van der Waals surface area contributed by atoms with Gasteiger partial charge in [0.05, 0.1) is 11.1 Å². The molecule has 3 N–H and O–H groups in total. The molecule has 1 aromatic carbocycles. The van der Waals surface area contributed by atoms with Crippen molar-refractivity contribution < 1.29 is 9.59 Å². The second-order valence-corrected chi connectivity index (χ2v) is 6.64. The zero-order valence-electron chi connectivity index (χ0n) is 14.1. The highest BCUT2D eigenvalue weighted by Crippen LogP contribution is 2.17. The Morgan fingerprint density at radius 1 is 1.25 bits per heavy atom. The lowest BCUT2D eigenvalue weighted by atomic mass is 10.2. The highest BCUT2D eigenvalue weighted by Gasteiger charge is 2.25. The smallest absolute Gasteiger partial charge is 0.289 e. The van der Waals surface area contributed by atoms with Gasteiger partial charge in [0, 0.05) is 32.7 Å². The topological polar surface area (TPSA) is 95.3 Å². The van der Waals surface area contributed by atoms with E-state index in [4.69, 9.17) is 5.73 Å². The van der Waals surface area contributed by atoms with E-state index in [1.165, 1.54) is 0 Å². The fourth-order valence-corrected chi connectivity index (χ4v) is 3.13. The fourth-order valence-electron chi connectivity index (χ4n) is 3.13. The number of hydrogen-bond acceptors (Lipinski definition) is 4. The van der Waals surface area contributed by atoms with Crippen LogP contribution in [0.4, 0.5) is 0 Å². The maximum Gasteiger partial charge on any atom is 0.289 e. The number of imidazole rings is 1. The van der Waals surface area contributed by atoms with Crippen LogP contribution in [0.2, 0.25) is 0 Å². The zero-order chi connectivity index (χ0) is 17.3. The molecule has 1 fully saturated rings. The van der Waals surface area contributed by atoms with Crippen molar-refractivity contribution >= 4 is 22.8 Å². The second kappa shape index (κ2) is 6.60. The SMILES string of the molecule is CC(C)CN1CCN(C(=O)c2nc3c(C(N)=O)cccc3[nH]2)CC1. The summed E-state index contributed by atoms with van der Waals surface area (Å²) >= 11 is 0. The Morgan fingerprint density at radius 3 is 2.58 bits per heavy atom. The first-order chi connectivity index (χ1) is 11.5. The maximum absolute atomic E-state index is 12.7. The predicted molar refractivity (Wildman–Crippen MR) is 91.8 cm³/mol. The van der Waals surface area contributed by atoms with E-state index in [0.29, 0.717) is 35.6 Å². The number of H-pyrrole nitrogens is 1. The summed E-state index contributed by atoms with van der Waals surface area (Å²) < 4.78 is 0. The molecule has 0 bridgehead atoms. The summed E-state index contributed by atoms with van der Waals surface area (Å²) in [7, 11) is 0. The first-order valence-electron chi connectivity index (χ1n) is 8.26. The van der Waals surface area contributed by atoms with Crippen molar-refractivity contribution in [3.63, 3.8) is 0 Å².